The number of nitrogens with two attached hydrogens (primary N) is 1. The maximum absolute atomic E-state index is 5.86. The summed E-state index contributed by atoms with van der Waals surface area (Å²) >= 11 is 3.96. The summed E-state index contributed by atoms with van der Waals surface area (Å²) in [4.78, 5) is 3.99. The van der Waals surface area contributed by atoms with Crippen LogP contribution in [0.3, 0.4) is 0 Å². The van der Waals surface area contributed by atoms with Crippen LogP contribution in [0.25, 0.3) is 0 Å². The van der Waals surface area contributed by atoms with E-state index in [1.807, 2.05) is 18.2 Å². The van der Waals surface area contributed by atoms with Crippen molar-refractivity contribution in [2.75, 3.05) is 0 Å². The Kier molecular flexibility index (Phi) is 3.84. The molecule has 1 rings (SSSR count). The van der Waals surface area contributed by atoms with E-state index in [9.17, 15) is 0 Å². The van der Waals surface area contributed by atoms with Crippen molar-refractivity contribution in [3.05, 3.63) is 41.6 Å². The Morgan fingerprint density at radius 2 is 2.50 bits per heavy atom. The van der Waals surface area contributed by atoms with Crippen LogP contribution in [0.15, 0.2) is 36.0 Å². The van der Waals surface area contributed by atoms with Crippen LogP contribution in [0.5, 0.6) is 0 Å². The molecule has 0 aromatic carbocycles. The molecule has 0 spiro atoms. The molecule has 0 fully saturated rings. The Labute approximate surface area is 77.9 Å². The molecule has 2 nitrogen and oxygen atoms in total. The first-order valence-corrected chi connectivity index (χ1v) is 4.31. The number of aromatic nitrogens is 1. The molecule has 0 aliphatic carbocycles. The molecule has 64 valence electrons. The Morgan fingerprint density at radius 3 is 3.08 bits per heavy atom. The van der Waals surface area contributed by atoms with Gasteiger partial charge in [0.1, 0.15) is 0 Å². The van der Waals surface area contributed by atoms with Gasteiger partial charge in [0.25, 0.3) is 0 Å². The summed E-state index contributed by atoms with van der Waals surface area (Å²) in [6.07, 6.45) is 6.26. The summed E-state index contributed by atoms with van der Waals surface area (Å²) in [6.45, 7) is 0. The van der Waals surface area contributed by atoms with Crippen LogP contribution in [0.4, 0.5) is 0 Å². The average Bonchev–Trinajstić information content (AvgIpc) is 2.15. The fourth-order valence-corrected chi connectivity index (χ4v) is 1.06. The SMILES string of the molecule is NC(CC=CS)c1cccnc1. The fourth-order valence-electron chi connectivity index (χ4n) is 0.939. The summed E-state index contributed by atoms with van der Waals surface area (Å²) in [5.74, 6) is 0. The van der Waals surface area contributed by atoms with E-state index >= 15 is 0 Å². The van der Waals surface area contributed by atoms with Gasteiger partial charge in [0, 0.05) is 18.4 Å². The Morgan fingerprint density at radius 1 is 1.67 bits per heavy atom. The molecule has 1 aromatic heterocycles. The number of thiol groups is 1. The molecule has 12 heavy (non-hydrogen) atoms. The monoisotopic (exact) mass is 180 g/mol. The summed E-state index contributed by atoms with van der Waals surface area (Å²) in [5.41, 5.74) is 6.92. The smallest absolute Gasteiger partial charge is 0.0345 e. The van der Waals surface area contributed by atoms with E-state index in [0.717, 1.165) is 12.0 Å². The molecule has 2 N–H and O–H groups in total. The van der Waals surface area contributed by atoms with Crippen LogP contribution >= 0.6 is 12.6 Å². The van der Waals surface area contributed by atoms with Gasteiger partial charge >= 0.3 is 0 Å². The minimum absolute atomic E-state index is 0.0297. The number of hydrogen-bond acceptors (Lipinski definition) is 3. The number of rotatable bonds is 3. The van der Waals surface area contributed by atoms with Crippen LogP contribution in [-0.4, -0.2) is 4.98 Å². The lowest BCUT2D eigenvalue weighted by atomic mass is 10.1. The van der Waals surface area contributed by atoms with Gasteiger partial charge in [-0.3, -0.25) is 4.98 Å². The largest absolute Gasteiger partial charge is 0.324 e. The molecule has 1 heterocycles. The zero-order valence-electron chi connectivity index (χ0n) is 6.72. The van der Waals surface area contributed by atoms with E-state index in [-0.39, 0.29) is 6.04 Å². The normalized spacial score (nSPS) is 13.5. The van der Waals surface area contributed by atoms with Crippen molar-refractivity contribution in [2.24, 2.45) is 5.73 Å². The highest BCUT2D eigenvalue weighted by atomic mass is 32.1. The van der Waals surface area contributed by atoms with Crippen molar-refractivity contribution in [3.8, 4) is 0 Å². The van der Waals surface area contributed by atoms with Crippen molar-refractivity contribution >= 4 is 12.6 Å². The molecule has 3 heteroatoms. The molecule has 0 bridgehead atoms. The van der Waals surface area contributed by atoms with Crippen molar-refractivity contribution in [1.82, 2.24) is 4.98 Å². The van der Waals surface area contributed by atoms with Gasteiger partial charge in [0.2, 0.25) is 0 Å². The van der Waals surface area contributed by atoms with Crippen LogP contribution in [0.1, 0.15) is 18.0 Å². The first-order chi connectivity index (χ1) is 5.84. The van der Waals surface area contributed by atoms with Crippen molar-refractivity contribution in [3.63, 3.8) is 0 Å². The zero-order chi connectivity index (χ0) is 8.81. The Hall–Kier alpha value is -0.800. The van der Waals surface area contributed by atoms with Crippen LogP contribution in [-0.2, 0) is 0 Å². The molecule has 0 radical (unpaired) electrons. The van der Waals surface area contributed by atoms with Gasteiger partial charge in [0.05, 0.1) is 0 Å². The predicted molar refractivity (Wildman–Crippen MR) is 53.9 cm³/mol. The van der Waals surface area contributed by atoms with Gasteiger partial charge in [0.15, 0.2) is 0 Å². The third-order valence-electron chi connectivity index (χ3n) is 1.61. The first kappa shape index (κ1) is 9.29. The molecular formula is C9H12N2S. The van der Waals surface area contributed by atoms with E-state index in [2.05, 4.69) is 17.6 Å². The molecule has 1 aromatic rings. The molecule has 0 amide bonds. The van der Waals surface area contributed by atoms with Gasteiger partial charge in [-0.25, -0.2) is 0 Å². The number of pyridine rings is 1. The van der Waals surface area contributed by atoms with Gasteiger partial charge in [-0.1, -0.05) is 12.1 Å². The van der Waals surface area contributed by atoms with Crippen molar-refractivity contribution < 1.29 is 0 Å². The highest BCUT2D eigenvalue weighted by molar-refractivity contribution is 7.83. The number of nitrogens with zero attached hydrogens (tertiary/aromatic N) is 1. The maximum atomic E-state index is 5.86. The maximum Gasteiger partial charge on any atom is 0.0345 e. The second kappa shape index (κ2) is 4.95. The molecule has 0 aliphatic rings. The van der Waals surface area contributed by atoms with Crippen molar-refractivity contribution in [2.45, 2.75) is 12.5 Å². The molecule has 0 saturated carbocycles. The average molecular weight is 180 g/mol. The van der Waals surface area contributed by atoms with E-state index in [0.29, 0.717) is 0 Å². The van der Waals surface area contributed by atoms with Crippen LogP contribution in [0.2, 0.25) is 0 Å². The van der Waals surface area contributed by atoms with E-state index in [1.165, 1.54) is 0 Å². The molecular weight excluding hydrogens is 168 g/mol. The lowest BCUT2D eigenvalue weighted by molar-refractivity contribution is 0.737. The van der Waals surface area contributed by atoms with Gasteiger partial charge in [-0.05, 0) is 23.5 Å². The van der Waals surface area contributed by atoms with E-state index < -0.39 is 0 Å². The third-order valence-corrected chi connectivity index (χ3v) is 1.82. The highest BCUT2D eigenvalue weighted by Gasteiger charge is 2.01. The summed E-state index contributed by atoms with van der Waals surface area (Å²) in [6, 6.07) is 3.89. The molecule has 1 unspecified atom stereocenters. The summed E-state index contributed by atoms with van der Waals surface area (Å²) in [5, 5.41) is 1.70. The topological polar surface area (TPSA) is 38.9 Å². The lowest BCUT2D eigenvalue weighted by Crippen LogP contribution is -2.08. The molecule has 1 atom stereocenters. The van der Waals surface area contributed by atoms with E-state index in [4.69, 9.17) is 5.73 Å². The Balaban J connectivity index is 2.59. The standard InChI is InChI=1S/C9H12N2S/c10-9(4-2-6-12)8-3-1-5-11-7-8/h1-3,5-7,9,12H,4,10H2. The fraction of sp³-hybridized carbons (Fsp3) is 0.222. The van der Waals surface area contributed by atoms with Crippen molar-refractivity contribution in [1.29, 1.82) is 0 Å². The van der Waals surface area contributed by atoms with Crippen LogP contribution in [0, 0.1) is 0 Å². The second-order valence-corrected chi connectivity index (χ2v) is 2.81. The zero-order valence-corrected chi connectivity index (χ0v) is 7.61. The lowest BCUT2D eigenvalue weighted by Gasteiger charge is -2.07. The van der Waals surface area contributed by atoms with Gasteiger partial charge in [-0.2, -0.15) is 12.6 Å². The minimum atomic E-state index is 0.0297. The third kappa shape index (κ3) is 2.68. The van der Waals surface area contributed by atoms with E-state index in [1.54, 1.807) is 17.8 Å². The number of hydrogen-bond donors (Lipinski definition) is 2. The quantitative estimate of drug-likeness (QED) is 0.697. The highest BCUT2D eigenvalue weighted by Crippen LogP contribution is 2.12. The predicted octanol–water partition coefficient (Wildman–Crippen LogP) is 1.92. The Bertz CT molecular complexity index is 246. The summed E-state index contributed by atoms with van der Waals surface area (Å²) < 4.78 is 0. The summed E-state index contributed by atoms with van der Waals surface area (Å²) in [7, 11) is 0. The molecule has 0 saturated heterocycles. The first-order valence-electron chi connectivity index (χ1n) is 3.79. The minimum Gasteiger partial charge on any atom is -0.324 e. The molecule has 0 aliphatic heterocycles. The van der Waals surface area contributed by atoms with Gasteiger partial charge < -0.3 is 5.73 Å². The second-order valence-electron chi connectivity index (χ2n) is 2.51. The van der Waals surface area contributed by atoms with Crippen LogP contribution < -0.4 is 5.73 Å². The van der Waals surface area contributed by atoms with Gasteiger partial charge in [-0.15, -0.1) is 0 Å².